The highest BCUT2D eigenvalue weighted by Gasteiger charge is 2.01. The lowest BCUT2D eigenvalue weighted by atomic mass is 11.1. The molecule has 0 heterocycles. The van der Waals surface area contributed by atoms with Gasteiger partial charge in [0.1, 0.15) is 11.9 Å². The average molecular weight is 728 g/mol. The van der Waals surface area contributed by atoms with E-state index in [4.69, 9.17) is 19.6 Å². The molecule has 0 rings (SSSR count). The number of rotatable bonds is 28. The van der Waals surface area contributed by atoms with Gasteiger partial charge in [0, 0.05) is 30.5 Å². The van der Waals surface area contributed by atoms with Gasteiger partial charge in [-0.3, -0.25) is 9.20 Å². The molecule has 0 radical (unpaired) electrons. The minimum atomic E-state index is -1.06. The van der Waals surface area contributed by atoms with Crippen molar-refractivity contribution in [2.75, 3.05) is 77.3 Å². The number of aliphatic hydroxyl groups excluding tert-OH is 1. The second-order valence-electron chi connectivity index (χ2n) is 5.50. The number of nitrogens with zero attached hydrogens (tertiary/aromatic N) is 2. The maximum Gasteiger partial charge on any atom is 0.408 e. The van der Waals surface area contributed by atoms with Crippen LogP contribution in [-0.4, -0.2) is 105 Å². The van der Waals surface area contributed by atoms with Crippen LogP contribution in [0.1, 0.15) is 0 Å². The van der Waals surface area contributed by atoms with E-state index in [-0.39, 0.29) is 5.94 Å². The molecule has 0 bridgehead atoms. The average Bonchev–Trinajstić information content (AvgIpc) is 2.90. The lowest BCUT2D eigenvalue weighted by molar-refractivity contribution is -0.196. The first kappa shape index (κ1) is 39.0. The summed E-state index contributed by atoms with van der Waals surface area (Å²) >= 11 is 16.3. The molecule has 0 spiro atoms. The van der Waals surface area contributed by atoms with Crippen molar-refractivity contribution in [2.24, 2.45) is 9.98 Å². The predicted octanol–water partition coefficient (Wildman–Crippen LogP) is 5.87. The highest BCUT2D eigenvalue weighted by Crippen LogP contribution is 2.19. The molecule has 0 saturated heterocycles. The van der Waals surface area contributed by atoms with E-state index in [0.717, 1.165) is 30.5 Å². The van der Waals surface area contributed by atoms with Crippen molar-refractivity contribution in [2.45, 2.75) is 0 Å². The summed E-state index contributed by atoms with van der Waals surface area (Å²) < 4.78 is 16.8. The first-order valence-electron chi connectivity index (χ1n) is 10.0. The van der Waals surface area contributed by atoms with Crippen LogP contribution in [0.4, 0.5) is 4.79 Å². The predicted molar refractivity (Wildman–Crippen MR) is 184 cm³/mol. The number of thioether (sulfide) groups is 10. The molecule has 0 aromatic rings. The van der Waals surface area contributed by atoms with Crippen molar-refractivity contribution in [3.05, 3.63) is 0 Å². The summed E-state index contributed by atoms with van der Waals surface area (Å²) in [6, 6.07) is 0. The van der Waals surface area contributed by atoms with E-state index in [0.29, 0.717) is 34.6 Å². The van der Waals surface area contributed by atoms with Crippen LogP contribution in [0, 0.1) is 0 Å². The molecule has 0 aromatic carbocycles. The van der Waals surface area contributed by atoms with Crippen molar-refractivity contribution < 1.29 is 28.6 Å². The number of aliphatic hydroxyl groups is 1. The van der Waals surface area contributed by atoms with Gasteiger partial charge in [0.25, 0.3) is 0 Å². The lowest BCUT2D eigenvalue weighted by Crippen LogP contribution is -2.23. The summed E-state index contributed by atoms with van der Waals surface area (Å²) in [5, 5.41) is 17.0. The molecular weight excluding hydrogens is 695 g/mol. The van der Waals surface area contributed by atoms with E-state index < -0.39 is 16.9 Å². The maximum absolute atomic E-state index is 11.7. The van der Waals surface area contributed by atoms with Crippen molar-refractivity contribution in [3.63, 3.8) is 0 Å². The van der Waals surface area contributed by atoms with Crippen molar-refractivity contribution in [1.82, 2.24) is 5.32 Å². The number of ether oxygens (including phenoxy) is 1. The molecule has 1 amide bonds. The van der Waals surface area contributed by atoms with E-state index in [1.54, 1.807) is 94.1 Å². The minimum absolute atomic E-state index is 0.0864. The van der Waals surface area contributed by atoms with Gasteiger partial charge in [0.15, 0.2) is 0 Å². The zero-order chi connectivity index (χ0) is 27.1. The number of carbonyl (C=O) groups excluding carboxylic acids is 1. The highest BCUT2D eigenvalue weighted by molar-refractivity contribution is 8.23. The van der Waals surface area contributed by atoms with Crippen LogP contribution in [0.15, 0.2) is 9.98 Å². The van der Waals surface area contributed by atoms with E-state index >= 15 is 0 Å². The second-order valence-corrected chi connectivity index (χ2v) is 18.9. The van der Waals surface area contributed by atoms with Gasteiger partial charge in [0.05, 0.1) is 45.0 Å². The first-order chi connectivity index (χ1) is 18.2. The van der Waals surface area contributed by atoms with Crippen molar-refractivity contribution in [1.29, 1.82) is 0 Å². The van der Waals surface area contributed by atoms with Crippen molar-refractivity contribution >= 4 is 146 Å². The molecule has 9 nitrogen and oxygen atoms in total. The molecule has 1 atom stereocenters. The Bertz CT molecular complexity index is 599. The number of amides is 1. The van der Waals surface area contributed by atoms with Gasteiger partial charge in [0.2, 0.25) is 6.40 Å². The summed E-state index contributed by atoms with van der Waals surface area (Å²) in [6.45, 7) is 0. The lowest BCUT2D eigenvalue weighted by Gasteiger charge is -2.06. The Kier molecular flexibility index (Phi) is 36.0. The number of hydrogen-bond acceptors (Lipinski definition) is 18. The third-order valence-electron chi connectivity index (χ3n) is 2.76. The van der Waals surface area contributed by atoms with E-state index in [9.17, 15) is 9.00 Å². The molecule has 20 heteroatoms. The number of hydrogen-bond donors (Lipinski definition) is 2. The van der Waals surface area contributed by atoms with Crippen LogP contribution < -0.4 is 5.32 Å². The monoisotopic (exact) mass is 727 g/mol. The Morgan fingerprint density at radius 3 is 2.32 bits per heavy atom. The number of nitrogens with one attached hydrogen (secondary N) is 1. The van der Waals surface area contributed by atoms with Gasteiger partial charge in [-0.2, -0.15) is 16.6 Å². The molecule has 0 aliphatic carbocycles. The zero-order valence-electron chi connectivity index (χ0n) is 20.2. The Morgan fingerprint density at radius 1 is 0.865 bits per heavy atom. The molecule has 0 aromatic heterocycles. The summed E-state index contributed by atoms with van der Waals surface area (Å²) in [5.41, 5.74) is 1.49. The molecule has 0 aliphatic heterocycles. The van der Waals surface area contributed by atoms with Crippen LogP contribution in [0.2, 0.25) is 0 Å². The number of carbonyl (C=O) groups is 1. The van der Waals surface area contributed by atoms with Gasteiger partial charge in [-0.05, 0) is 6.26 Å². The highest BCUT2D eigenvalue weighted by atomic mass is 32.3. The van der Waals surface area contributed by atoms with Crippen LogP contribution in [0.25, 0.3) is 0 Å². The molecule has 0 aliphatic rings. The van der Waals surface area contributed by atoms with Crippen LogP contribution in [-0.2, 0) is 25.3 Å². The Balaban J connectivity index is 3.29. The first-order valence-corrected chi connectivity index (χ1v) is 23.2. The topological polar surface area (TPSA) is 119 Å². The van der Waals surface area contributed by atoms with Gasteiger partial charge in [-0.15, -0.1) is 106 Å². The Morgan fingerprint density at radius 2 is 1.54 bits per heavy atom. The van der Waals surface area contributed by atoms with Gasteiger partial charge in [-0.1, -0.05) is 0 Å². The SMILES string of the molecule is CSCSCN=COOCSCSCSCOC(=O)NCSCSCSCN=CS(=O)CSCSCO. The van der Waals surface area contributed by atoms with Gasteiger partial charge in [-0.25, -0.2) is 9.79 Å². The van der Waals surface area contributed by atoms with Crippen LogP contribution in [0.5, 0.6) is 0 Å². The minimum Gasteiger partial charge on any atom is -0.438 e. The van der Waals surface area contributed by atoms with Gasteiger partial charge >= 0.3 is 6.09 Å². The second kappa shape index (κ2) is 34.2. The zero-order valence-corrected chi connectivity index (χ0v) is 29.2. The number of aliphatic imine (C=N–C) groups is 2. The largest absolute Gasteiger partial charge is 0.438 e. The van der Waals surface area contributed by atoms with Crippen LogP contribution in [0.3, 0.4) is 0 Å². The summed E-state index contributed by atoms with van der Waals surface area (Å²) in [5.74, 6) is 2.57. The van der Waals surface area contributed by atoms with Crippen LogP contribution >= 0.6 is 118 Å². The summed E-state index contributed by atoms with van der Waals surface area (Å²) in [6.07, 6.45) is 2.97. The normalized spacial score (nSPS) is 12.4. The fraction of sp³-hybridized carbons (Fsp3) is 0.824. The molecule has 1 unspecified atom stereocenters. The molecular formula is C17H33N3O6S11. The number of alkyl carbamates (subject to hydrolysis) is 1. The maximum atomic E-state index is 11.7. The third kappa shape index (κ3) is 34.1. The van der Waals surface area contributed by atoms with E-state index in [1.807, 2.05) is 0 Å². The molecule has 2 N–H and O–H groups in total. The molecule has 0 saturated carbocycles. The smallest absolute Gasteiger partial charge is 0.408 e. The van der Waals surface area contributed by atoms with E-state index in [1.165, 1.54) is 35.5 Å². The quantitative estimate of drug-likeness (QED) is 0.0250. The molecule has 218 valence electrons. The standard InChI is InChI=1S/C17H33N3O6S11/c1-27-10-28-3-18-2-25-26-9-33-15-35-14-32-8-24-17(22)20-5-30-12-34-11-29-4-19-6-37(23)16-36-13-31-7-21/h2,6,21H,3-5,7-16H2,1H3,(H,20,22). The fourth-order valence-electron chi connectivity index (χ4n) is 1.44. The molecule has 0 fully saturated rings. The van der Waals surface area contributed by atoms with E-state index in [2.05, 4.69) is 21.6 Å². The summed E-state index contributed by atoms with van der Waals surface area (Å²) in [4.78, 5) is 29.7. The van der Waals surface area contributed by atoms with Gasteiger partial charge < -0.3 is 20.0 Å². The third-order valence-corrected chi connectivity index (χ3v) is 14.8. The van der Waals surface area contributed by atoms with Crippen molar-refractivity contribution in [3.8, 4) is 0 Å². The Labute approximate surface area is 265 Å². The summed E-state index contributed by atoms with van der Waals surface area (Å²) in [7, 11) is -1.06. The Hall–Kier alpha value is 1.98. The molecule has 37 heavy (non-hydrogen) atoms. The fourth-order valence-corrected chi connectivity index (χ4v) is 11.0.